The van der Waals surface area contributed by atoms with Gasteiger partial charge in [0, 0.05) is 12.1 Å². The van der Waals surface area contributed by atoms with Crippen molar-refractivity contribution in [1.29, 1.82) is 0 Å². The van der Waals surface area contributed by atoms with Crippen molar-refractivity contribution in [2.45, 2.75) is 20.0 Å². The number of hydrogen-bond donors (Lipinski definition) is 1. The summed E-state index contributed by atoms with van der Waals surface area (Å²) in [5, 5.41) is 2.69. The average molecular weight is 479 g/mol. The summed E-state index contributed by atoms with van der Waals surface area (Å²) in [7, 11) is 2.75. The van der Waals surface area contributed by atoms with E-state index in [0.29, 0.717) is 16.3 Å². The van der Waals surface area contributed by atoms with E-state index in [1.165, 1.54) is 32.4 Å². The van der Waals surface area contributed by atoms with E-state index in [-0.39, 0.29) is 33.9 Å². The average Bonchev–Trinajstić information content (AvgIpc) is 2.73. The van der Waals surface area contributed by atoms with Crippen LogP contribution in [0.1, 0.15) is 19.4 Å². The molecule has 0 unspecified atom stereocenters. The molecule has 0 bridgehead atoms. The first-order valence-corrected chi connectivity index (χ1v) is 10.2. The van der Waals surface area contributed by atoms with Gasteiger partial charge in [-0.3, -0.25) is 14.9 Å². The molecule has 1 fully saturated rings. The first kappa shape index (κ1) is 23.4. The SMILES string of the molecule is COc1cc(N2C(=O)NC(=O)/C(=C\c3ccc(OC(C)C)c(Cl)c3)C2=O)c(OC)cc1Cl. The smallest absolute Gasteiger partial charge is 0.336 e. The monoisotopic (exact) mass is 478 g/mol. The Bertz CT molecular complexity index is 1130. The molecule has 0 saturated carbocycles. The van der Waals surface area contributed by atoms with Gasteiger partial charge in [0.25, 0.3) is 11.8 Å². The molecule has 0 spiro atoms. The summed E-state index contributed by atoms with van der Waals surface area (Å²) in [6, 6.07) is 6.68. The number of benzene rings is 2. The number of carbonyl (C=O) groups is 3. The Morgan fingerprint density at radius 3 is 2.19 bits per heavy atom. The van der Waals surface area contributed by atoms with Crippen molar-refractivity contribution in [2.75, 3.05) is 19.1 Å². The number of ether oxygens (including phenoxy) is 3. The summed E-state index contributed by atoms with van der Waals surface area (Å²) in [4.78, 5) is 39.0. The maximum atomic E-state index is 13.2. The highest BCUT2D eigenvalue weighted by Gasteiger charge is 2.38. The predicted molar refractivity (Wildman–Crippen MR) is 121 cm³/mol. The summed E-state index contributed by atoms with van der Waals surface area (Å²) in [5.74, 6) is -0.850. The van der Waals surface area contributed by atoms with Crippen LogP contribution in [0.4, 0.5) is 10.5 Å². The summed E-state index contributed by atoms with van der Waals surface area (Å²) < 4.78 is 16.0. The third-order valence-electron chi connectivity index (χ3n) is 4.43. The number of anilines is 1. The third-order valence-corrected chi connectivity index (χ3v) is 5.02. The fourth-order valence-corrected chi connectivity index (χ4v) is 3.48. The maximum absolute atomic E-state index is 13.2. The number of imide groups is 2. The zero-order valence-corrected chi connectivity index (χ0v) is 19.2. The Morgan fingerprint density at radius 2 is 1.59 bits per heavy atom. The molecule has 1 aliphatic rings. The van der Waals surface area contributed by atoms with Gasteiger partial charge < -0.3 is 14.2 Å². The highest BCUT2D eigenvalue weighted by Crippen LogP contribution is 2.39. The van der Waals surface area contributed by atoms with Crippen LogP contribution in [0, 0.1) is 0 Å². The van der Waals surface area contributed by atoms with E-state index < -0.39 is 17.8 Å². The van der Waals surface area contributed by atoms with Crippen molar-refractivity contribution in [2.24, 2.45) is 0 Å². The Morgan fingerprint density at radius 1 is 0.938 bits per heavy atom. The van der Waals surface area contributed by atoms with Crippen LogP contribution in [0.2, 0.25) is 10.0 Å². The molecular formula is C22H20Cl2N2O6. The first-order valence-electron chi connectivity index (χ1n) is 9.45. The second kappa shape index (κ2) is 9.50. The van der Waals surface area contributed by atoms with E-state index in [1.54, 1.807) is 18.2 Å². The maximum Gasteiger partial charge on any atom is 0.336 e. The topological polar surface area (TPSA) is 94.2 Å². The van der Waals surface area contributed by atoms with Crippen molar-refractivity contribution in [3.8, 4) is 17.2 Å². The Kier molecular flexibility index (Phi) is 6.96. The first-order chi connectivity index (χ1) is 15.2. The molecule has 1 heterocycles. The van der Waals surface area contributed by atoms with Gasteiger partial charge in [-0.15, -0.1) is 0 Å². The van der Waals surface area contributed by atoms with Crippen LogP contribution in [0.5, 0.6) is 17.2 Å². The van der Waals surface area contributed by atoms with Gasteiger partial charge in [0.05, 0.1) is 36.1 Å². The second-order valence-electron chi connectivity index (χ2n) is 6.97. The largest absolute Gasteiger partial charge is 0.495 e. The quantitative estimate of drug-likeness (QED) is 0.486. The molecule has 2 aromatic carbocycles. The number of barbiturate groups is 1. The van der Waals surface area contributed by atoms with Gasteiger partial charge in [0.1, 0.15) is 22.8 Å². The number of halogens is 2. The Labute approximate surface area is 194 Å². The van der Waals surface area contributed by atoms with Crippen LogP contribution in [0.3, 0.4) is 0 Å². The van der Waals surface area contributed by atoms with Crippen molar-refractivity contribution in [1.82, 2.24) is 5.32 Å². The predicted octanol–water partition coefficient (Wildman–Crippen LogP) is 4.46. The highest BCUT2D eigenvalue weighted by atomic mass is 35.5. The molecule has 32 heavy (non-hydrogen) atoms. The van der Waals surface area contributed by atoms with Crippen molar-refractivity contribution in [3.63, 3.8) is 0 Å². The van der Waals surface area contributed by atoms with E-state index in [0.717, 1.165) is 4.90 Å². The summed E-state index contributed by atoms with van der Waals surface area (Å²) in [5.41, 5.74) is 0.266. The van der Waals surface area contributed by atoms with E-state index >= 15 is 0 Å². The van der Waals surface area contributed by atoms with Crippen LogP contribution in [0.15, 0.2) is 35.9 Å². The van der Waals surface area contributed by atoms with E-state index in [4.69, 9.17) is 37.4 Å². The molecule has 1 N–H and O–H groups in total. The molecule has 2 aromatic rings. The third kappa shape index (κ3) is 4.66. The molecule has 0 radical (unpaired) electrons. The van der Waals surface area contributed by atoms with Gasteiger partial charge in [-0.05, 0) is 37.6 Å². The van der Waals surface area contributed by atoms with Crippen LogP contribution in [0.25, 0.3) is 6.08 Å². The zero-order chi connectivity index (χ0) is 23.6. The lowest BCUT2D eigenvalue weighted by Crippen LogP contribution is -2.54. The van der Waals surface area contributed by atoms with E-state index in [9.17, 15) is 14.4 Å². The molecule has 0 atom stereocenters. The number of amides is 4. The summed E-state index contributed by atoms with van der Waals surface area (Å²) >= 11 is 12.4. The molecule has 4 amide bonds. The van der Waals surface area contributed by atoms with E-state index in [1.807, 2.05) is 13.8 Å². The van der Waals surface area contributed by atoms with Gasteiger partial charge >= 0.3 is 6.03 Å². The number of nitrogens with one attached hydrogen (secondary N) is 1. The Hall–Kier alpha value is -3.23. The molecular weight excluding hydrogens is 459 g/mol. The lowest BCUT2D eigenvalue weighted by atomic mass is 10.1. The molecule has 0 aliphatic carbocycles. The number of hydrogen-bond acceptors (Lipinski definition) is 6. The lowest BCUT2D eigenvalue weighted by molar-refractivity contribution is -0.122. The number of methoxy groups -OCH3 is 2. The molecule has 8 nitrogen and oxygen atoms in total. The fourth-order valence-electron chi connectivity index (χ4n) is 3.02. The summed E-state index contributed by atoms with van der Waals surface area (Å²) in [6.45, 7) is 3.73. The standard InChI is InChI=1S/C22H20Cl2N2O6/c1-11(2)32-17-6-5-12(8-14(17)23)7-13-20(27)25-22(29)26(21(13)28)16-10-18(30-3)15(24)9-19(16)31-4/h5-11H,1-4H3,(H,25,27,29)/b13-7+. The zero-order valence-electron chi connectivity index (χ0n) is 17.7. The van der Waals surface area contributed by atoms with Crippen molar-refractivity contribution < 1.29 is 28.6 Å². The van der Waals surface area contributed by atoms with Crippen LogP contribution >= 0.6 is 23.2 Å². The molecule has 10 heteroatoms. The minimum atomic E-state index is -0.932. The molecule has 1 saturated heterocycles. The molecule has 3 rings (SSSR count). The number of rotatable bonds is 6. The molecule has 1 aliphatic heterocycles. The summed E-state index contributed by atoms with van der Waals surface area (Å²) in [6.07, 6.45) is 1.26. The number of urea groups is 1. The number of nitrogens with zero attached hydrogens (tertiary/aromatic N) is 1. The fraction of sp³-hybridized carbons (Fsp3) is 0.227. The van der Waals surface area contributed by atoms with Crippen LogP contribution < -0.4 is 24.4 Å². The van der Waals surface area contributed by atoms with Crippen molar-refractivity contribution in [3.05, 3.63) is 51.5 Å². The van der Waals surface area contributed by atoms with Crippen molar-refractivity contribution >= 4 is 52.8 Å². The second-order valence-corrected chi connectivity index (χ2v) is 7.79. The molecule has 168 valence electrons. The Balaban J connectivity index is 2.04. The highest BCUT2D eigenvalue weighted by molar-refractivity contribution is 6.40. The van der Waals surface area contributed by atoms with Crippen LogP contribution in [-0.4, -0.2) is 38.2 Å². The minimum absolute atomic E-state index is 0.0633. The van der Waals surface area contributed by atoms with Gasteiger partial charge in [-0.2, -0.15) is 0 Å². The van der Waals surface area contributed by atoms with Gasteiger partial charge in [0.2, 0.25) is 0 Å². The molecule has 0 aromatic heterocycles. The van der Waals surface area contributed by atoms with Gasteiger partial charge in [-0.25, -0.2) is 9.69 Å². The lowest BCUT2D eigenvalue weighted by Gasteiger charge is -2.28. The minimum Gasteiger partial charge on any atom is -0.495 e. The van der Waals surface area contributed by atoms with E-state index in [2.05, 4.69) is 5.32 Å². The van der Waals surface area contributed by atoms with Gasteiger partial charge in [-0.1, -0.05) is 29.3 Å². The van der Waals surface area contributed by atoms with Crippen LogP contribution in [-0.2, 0) is 9.59 Å². The normalized spacial score (nSPS) is 15.3. The van der Waals surface area contributed by atoms with Gasteiger partial charge in [0.15, 0.2) is 0 Å². The number of carbonyl (C=O) groups excluding carboxylic acids is 3.